The van der Waals surface area contributed by atoms with Crippen LogP contribution in [0, 0.1) is 5.82 Å². The zero-order valence-electron chi connectivity index (χ0n) is 9.24. The van der Waals surface area contributed by atoms with E-state index >= 15 is 0 Å². The molecule has 0 fully saturated rings. The number of hydrogen-bond acceptors (Lipinski definition) is 3. The summed E-state index contributed by atoms with van der Waals surface area (Å²) in [6, 6.07) is 7.46. The van der Waals surface area contributed by atoms with Crippen molar-refractivity contribution < 1.29 is 13.6 Å². The van der Waals surface area contributed by atoms with Crippen LogP contribution in [0.25, 0.3) is 0 Å². The summed E-state index contributed by atoms with van der Waals surface area (Å²) in [4.78, 5) is 11.8. The lowest BCUT2D eigenvalue weighted by Gasteiger charge is -2.04. The van der Waals surface area contributed by atoms with Crippen molar-refractivity contribution >= 4 is 27.5 Å². The molecule has 18 heavy (non-hydrogen) atoms. The molecular weight excluding hydrogens is 303 g/mol. The zero-order valence-corrected chi connectivity index (χ0v) is 10.8. The summed E-state index contributed by atoms with van der Waals surface area (Å²) in [5, 5.41) is 2.42. The Morgan fingerprint density at radius 3 is 2.78 bits per heavy atom. The Kier molecular flexibility index (Phi) is 3.78. The Balaban J connectivity index is 2.16. The summed E-state index contributed by atoms with van der Waals surface area (Å²) in [6.45, 7) is 0.208. The van der Waals surface area contributed by atoms with E-state index in [0.29, 0.717) is 10.2 Å². The molecular formula is C12H10BrFN2O2. The predicted molar refractivity (Wildman–Crippen MR) is 68.7 cm³/mol. The van der Waals surface area contributed by atoms with Crippen LogP contribution < -0.4 is 11.1 Å². The molecule has 4 nitrogen and oxygen atoms in total. The number of nitrogens with two attached hydrogens (primary N) is 1. The monoisotopic (exact) mass is 312 g/mol. The van der Waals surface area contributed by atoms with Gasteiger partial charge in [-0.15, -0.1) is 0 Å². The molecule has 0 bridgehead atoms. The number of rotatable bonds is 3. The first kappa shape index (κ1) is 12.8. The summed E-state index contributed by atoms with van der Waals surface area (Å²) < 4.78 is 19.3. The van der Waals surface area contributed by atoms with E-state index in [1.165, 1.54) is 18.2 Å². The summed E-state index contributed by atoms with van der Waals surface area (Å²) in [5.74, 6) is -0.451. The molecule has 0 aliphatic carbocycles. The Morgan fingerprint density at radius 1 is 1.39 bits per heavy atom. The van der Waals surface area contributed by atoms with Gasteiger partial charge in [0.25, 0.3) is 5.91 Å². The lowest BCUT2D eigenvalue weighted by molar-refractivity contribution is 0.0994. The van der Waals surface area contributed by atoms with Gasteiger partial charge in [0, 0.05) is 4.47 Å². The smallest absolute Gasteiger partial charge is 0.291 e. The van der Waals surface area contributed by atoms with Crippen LogP contribution in [-0.4, -0.2) is 5.91 Å². The summed E-state index contributed by atoms with van der Waals surface area (Å²) in [6.07, 6.45) is 0. The van der Waals surface area contributed by atoms with Crippen LogP contribution in [0.3, 0.4) is 0 Å². The third-order valence-corrected chi connectivity index (χ3v) is 2.76. The van der Waals surface area contributed by atoms with Crippen LogP contribution in [-0.2, 0) is 6.54 Å². The number of nitrogens with one attached hydrogen (secondary N) is 1. The molecule has 3 N–H and O–H groups in total. The zero-order chi connectivity index (χ0) is 13.1. The molecule has 0 aliphatic rings. The second-order valence-corrected chi connectivity index (χ2v) is 4.46. The fraction of sp³-hybridized carbons (Fsp3) is 0.0833. The fourth-order valence-corrected chi connectivity index (χ4v) is 1.72. The highest BCUT2D eigenvalue weighted by Crippen LogP contribution is 2.20. The minimum Gasteiger partial charge on any atom is -0.455 e. The van der Waals surface area contributed by atoms with Crippen LogP contribution in [0.5, 0.6) is 0 Å². The van der Waals surface area contributed by atoms with Gasteiger partial charge in [-0.1, -0.05) is 15.9 Å². The molecule has 0 atom stereocenters. The van der Waals surface area contributed by atoms with Crippen molar-refractivity contribution in [2.75, 3.05) is 5.32 Å². The van der Waals surface area contributed by atoms with Gasteiger partial charge < -0.3 is 15.5 Å². The molecule has 1 aromatic heterocycles. The van der Waals surface area contributed by atoms with E-state index < -0.39 is 11.7 Å². The van der Waals surface area contributed by atoms with Gasteiger partial charge >= 0.3 is 0 Å². The second-order valence-electron chi connectivity index (χ2n) is 3.55. The molecule has 2 aromatic rings. The molecule has 1 heterocycles. The van der Waals surface area contributed by atoms with Crippen molar-refractivity contribution in [2.24, 2.45) is 5.73 Å². The van der Waals surface area contributed by atoms with Crippen molar-refractivity contribution in [2.45, 2.75) is 6.54 Å². The molecule has 0 aliphatic heterocycles. The predicted octanol–water partition coefficient (Wildman–Crippen LogP) is 2.89. The number of anilines is 1. The normalized spacial score (nSPS) is 10.4. The number of hydrogen-bond donors (Lipinski definition) is 2. The molecule has 0 spiro atoms. The van der Waals surface area contributed by atoms with Crippen LogP contribution in [0.1, 0.15) is 16.3 Å². The second kappa shape index (κ2) is 5.32. The van der Waals surface area contributed by atoms with Gasteiger partial charge in [-0.25, -0.2) is 4.39 Å². The van der Waals surface area contributed by atoms with Crippen molar-refractivity contribution in [1.29, 1.82) is 0 Å². The van der Waals surface area contributed by atoms with E-state index in [4.69, 9.17) is 10.2 Å². The number of amides is 1. The van der Waals surface area contributed by atoms with Crippen LogP contribution >= 0.6 is 15.9 Å². The van der Waals surface area contributed by atoms with Gasteiger partial charge in [0.15, 0.2) is 5.76 Å². The Hall–Kier alpha value is -1.66. The molecule has 1 aromatic carbocycles. The average molecular weight is 313 g/mol. The van der Waals surface area contributed by atoms with E-state index in [-0.39, 0.29) is 18.0 Å². The third kappa shape index (κ3) is 2.77. The quantitative estimate of drug-likeness (QED) is 0.915. The largest absolute Gasteiger partial charge is 0.455 e. The van der Waals surface area contributed by atoms with E-state index in [2.05, 4.69) is 21.2 Å². The summed E-state index contributed by atoms with van der Waals surface area (Å²) in [5.41, 5.74) is 5.46. The lowest BCUT2D eigenvalue weighted by Crippen LogP contribution is -2.12. The van der Waals surface area contributed by atoms with E-state index in [9.17, 15) is 9.18 Å². The number of furan rings is 1. The average Bonchev–Trinajstić information content (AvgIpc) is 2.81. The molecule has 0 radical (unpaired) electrons. The number of carbonyl (C=O) groups excluding carboxylic acids is 1. The molecule has 0 unspecified atom stereocenters. The first-order valence-corrected chi connectivity index (χ1v) is 5.94. The van der Waals surface area contributed by atoms with Crippen LogP contribution in [0.4, 0.5) is 10.1 Å². The lowest BCUT2D eigenvalue weighted by atomic mass is 10.3. The molecule has 1 amide bonds. The maximum Gasteiger partial charge on any atom is 0.291 e. The number of carbonyl (C=O) groups is 1. The van der Waals surface area contributed by atoms with Crippen molar-refractivity contribution in [1.82, 2.24) is 0 Å². The van der Waals surface area contributed by atoms with Crippen molar-refractivity contribution in [3.63, 3.8) is 0 Å². The number of halogens is 2. The molecule has 6 heteroatoms. The summed E-state index contributed by atoms with van der Waals surface area (Å²) >= 11 is 3.13. The molecule has 0 saturated heterocycles. The van der Waals surface area contributed by atoms with Gasteiger partial charge in [-0.05, 0) is 30.3 Å². The molecule has 94 valence electrons. The van der Waals surface area contributed by atoms with Gasteiger partial charge in [-0.3, -0.25) is 4.79 Å². The maximum atomic E-state index is 13.5. The van der Waals surface area contributed by atoms with E-state index in [0.717, 1.165) is 0 Å². The van der Waals surface area contributed by atoms with Gasteiger partial charge in [0.2, 0.25) is 0 Å². The highest BCUT2D eigenvalue weighted by Gasteiger charge is 2.13. The molecule has 0 saturated carbocycles. The SMILES string of the molecule is NCc1ccc(C(=O)Nc2ccc(Br)cc2F)o1. The highest BCUT2D eigenvalue weighted by molar-refractivity contribution is 9.10. The van der Waals surface area contributed by atoms with Crippen molar-refractivity contribution in [3.05, 3.63) is 52.1 Å². The Morgan fingerprint density at radius 2 is 2.17 bits per heavy atom. The van der Waals surface area contributed by atoms with Gasteiger partial charge in [-0.2, -0.15) is 0 Å². The highest BCUT2D eigenvalue weighted by atomic mass is 79.9. The van der Waals surface area contributed by atoms with E-state index in [1.807, 2.05) is 0 Å². The van der Waals surface area contributed by atoms with Gasteiger partial charge in [0.1, 0.15) is 11.6 Å². The minimum absolute atomic E-state index is 0.0916. The van der Waals surface area contributed by atoms with E-state index in [1.54, 1.807) is 12.1 Å². The molecule has 2 rings (SSSR count). The first-order chi connectivity index (χ1) is 8.60. The van der Waals surface area contributed by atoms with Crippen LogP contribution in [0.2, 0.25) is 0 Å². The van der Waals surface area contributed by atoms with Crippen LogP contribution in [0.15, 0.2) is 39.2 Å². The fourth-order valence-electron chi connectivity index (χ4n) is 1.38. The number of benzene rings is 1. The first-order valence-electron chi connectivity index (χ1n) is 5.15. The van der Waals surface area contributed by atoms with Crippen molar-refractivity contribution in [3.8, 4) is 0 Å². The summed E-state index contributed by atoms with van der Waals surface area (Å²) in [7, 11) is 0. The van der Waals surface area contributed by atoms with Gasteiger partial charge in [0.05, 0.1) is 12.2 Å². The minimum atomic E-state index is -0.525. The Bertz CT molecular complexity index is 583. The maximum absolute atomic E-state index is 13.5. The third-order valence-electron chi connectivity index (χ3n) is 2.27. The Labute approximate surface area is 111 Å². The standard InChI is InChI=1S/C12H10BrFN2O2/c13-7-1-3-10(9(14)5-7)16-12(17)11-4-2-8(6-15)18-11/h1-5H,6,15H2,(H,16,17). The topological polar surface area (TPSA) is 68.3 Å².